The second kappa shape index (κ2) is 11.9. The lowest BCUT2D eigenvalue weighted by Gasteiger charge is -2.08. The van der Waals surface area contributed by atoms with Crippen molar-refractivity contribution < 1.29 is 14.3 Å². The summed E-state index contributed by atoms with van der Waals surface area (Å²) in [6, 6.07) is 23.9. The molecular formula is C29H25ClN4O3. The van der Waals surface area contributed by atoms with Crippen molar-refractivity contribution in [3.63, 3.8) is 0 Å². The Labute approximate surface area is 220 Å². The van der Waals surface area contributed by atoms with E-state index in [1.807, 2.05) is 56.3 Å². The summed E-state index contributed by atoms with van der Waals surface area (Å²) in [5, 5.41) is 17.8. The van der Waals surface area contributed by atoms with Crippen molar-refractivity contribution in [2.24, 2.45) is 0 Å². The lowest BCUT2D eigenvalue weighted by molar-refractivity contribution is -0.112. The largest absolute Gasteiger partial charge is 0.494 e. The number of nitriles is 1. The normalized spacial score (nSPS) is 11.0. The third-order valence-corrected chi connectivity index (χ3v) is 5.65. The number of hydrogen-bond acceptors (Lipinski definition) is 5. The molecule has 8 heteroatoms. The fraction of sp³-hybridized carbons (Fsp3) is 0.138. The van der Waals surface area contributed by atoms with Gasteiger partial charge in [-0.3, -0.25) is 4.79 Å². The molecule has 0 aliphatic heterocycles. The number of aromatic nitrogens is 2. The van der Waals surface area contributed by atoms with Crippen molar-refractivity contribution >= 4 is 29.3 Å². The number of nitrogens with one attached hydrogen (secondary N) is 1. The molecule has 37 heavy (non-hydrogen) atoms. The number of anilines is 1. The van der Waals surface area contributed by atoms with Crippen molar-refractivity contribution in [2.75, 3.05) is 18.5 Å². The maximum absolute atomic E-state index is 13.0. The highest BCUT2D eigenvalue weighted by Gasteiger charge is 2.17. The molecule has 0 fully saturated rings. The van der Waals surface area contributed by atoms with E-state index in [0.29, 0.717) is 46.7 Å². The summed E-state index contributed by atoms with van der Waals surface area (Å²) in [5.41, 5.74) is 3.18. The van der Waals surface area contributed by atoms with E-state index < -0.39 is 5.91 Å². The van der Waals surface area contributed by atoms with Crippen LogP contribution in [0.15, 0.2) is 84.6 Å². The van der Waals surface area contributed by atoms with Crippen LogP contribution >= 0.6 is 11.6 Å². The molecule has 186 valence electrons. The Morgan fingerprint density at radius 3 is 2.43 bits per heavy atom. The van der Waals surface area contributed by atoms with E-state index in [-0.39, 0.29) is 5.57 Å². The van der Waals surface area contributed by atoms with E-state index in [9.17, 15) is 10.1 Å². The SMILES string of the molecule is CCOc1ccc(NC(=O)C(C#N)=Cc2cn(-c3ccccc3)nc2-c2ccc(OCC)c(Cl)c2)cc1. The number of carbonyl (C=O) groups excluding carboxylic acids is 1. The number of rotatable bonds is 9. The summed E-state index contributed by atoms with van der Waals surface area (Å²) in [6.45, 7) is 4.82. The predicted molar refractivity (Wildman–Crippen MR) is 145 cm³/mol. The van der Waals surface area contributed by atoms with Gasteiger partial charge in [-0.2, -0.15) is 10.4 Å². The van der Waals surface area contributed by atoms with Gasteiger partial charge in [0.25, 0.3) is 5.91 Å². The molecule has 0 aliphatic carbocycles. The first-order chi connectivity index (χ1) is 18.0. The van der Waals surface area contributed by atoms with Gasteiger partial charge in [-0.1, -0.05) is 29.8 Å². The molecule has 4 aromatic rings. The minimum absolute atomic E-state index is 0.0696. The topological polar surface area (TPSA) is 89.2 Å². The molecule has 0 saturated carbocycles. The number of carbonyl (C=O) groups is 1. The number of amides is 1. The summed E-state index contributed by atoms with van der Waals surface area (Å²) in [7, 11) is 0. The smallest absolute Gasteiger partial charge is 0.266 e. The fourth-order valence-corrected chi connectivity index (χ4v) is 3.89. The highest BCUT2D eigenvalue weighted by atomic mass is 35.5. The fourth-order valence-electron chi connectivity index (χ4n) is 3.65. The predicted octanol–water partition coefficient (Wildman–Crippen LogP) is 6.54. The van der Waals surface area contributed by atoms with Gasteiger partial charge >= 0.3 is 0 Å². The van der Waals surface area contributed by atoms with Gasteiger partial charge in [0.05, 0.1) is 23.9 Å². The highest BCUT2D eigenvalue weighted by molar-refractivity contribution is 6.32. The summed E-state index contributed by atoms with van der Waals surface area (Å²) in [4.78, 5) is 13.0. The molecule has 7 nitrogen and oxygen atoms in total. The van der Waals surface area contributed by atoms with Gasteiger partial charge < -0.3 is 14.8 Å². The maximum atomic E-state index is 13.0. The third kappa shape index (κ3) is 6.18. The van der Waals surface area contributed by atoms with E-state index in [2.05, 4.69) is 5.32 Å². The van der Waals surface area contributed by atoms with Crippen LogP contribution in [0.25, 0.3) is 23.0 Å². The maximum Gasteiger partial charge on any atom is 0.266 e. The number of nitrogens with zero attached hydrogens (tertiary/aromatic N) is 3. The minimum atomic E-state index is -0.533. The highest BCUT2D eigenvalue weighted by Crippen LogP contribution is 2.32. The Hall–Kier alpha value is -4.54. The van der Waals surface area contributed by atoms with Crippen LogP contribution < -0.4 is 14.8 Å². The number of benzene rings is 3. The third-order valence-electron chi connectivity index (χ3n) is 5.36. The van der Waals surface area contributed by atoms with Crippen LogP contribution in [-0.2, 0) is 4.79 Å². The molecule has 0 aliphatic rings. The molecule has 0 atom stereocenters. The molecule has 0 spiro atoms. The molecule has 0 unspecified atom stereocenters. The van der Waals surface area contributed by atoms with E-state index >= 15 is 0 Å². The summed E-state index contributed by atoms with van der Waals surface area (Å²) >= 11 is 6.44. The van der Waals surface area contributed by atoms with Gasteiger partial charge in [0.1, 0.15) is 28.8 Å². The molecule has 3 aromatic carbocycles. The Bertz CT molecular complexity index is 1460. The summed E-state index contributed by atoms with van der Waals surface area (Å²) in [6.07, 6.45) is 3.30. The molecule has 1 N–H and O–H groups in total. The Kier molecular flexibility index (Phi) is 8.24. The van der Waals surface area contributed by atoms with Crippen molar-refractivity contribution in [1.82, 2.24) is 9.78 Å². The second-order valence-electron chi connectivity index (χ2n) is 7.87. The quantitative estimate of drug-likeness (QED) is 0.203. The molecule has 0 radical (unpaired) electrons. The monoisotopic (exact) mass is 512 g/mol. The lowest BCUT2D eigenvalue weighted by atomic mass is 10.1. The van der Waals surface area contributed by atoms with Crippen LogP contribution in [0.3, 0.4) is 0 Å². The van der Waals surface area contributed by atoms with Crippen LogP contribution in [0.5, 0.6) is 11.5 Å². The van der Waals surface area contributed by atoms with Crippen molar-refractivity contribution in [3.05, 3.63) is 95.2 Å². The van der Waals surface area contributed by atoms with Gasteiger partial charge in [0.15, 0.2) is 0 Å². The molecule has 4 rings (SSSR count). The van der Waals surface area contributed by atoms with E-state index in [4.69, 9.17) is 26.2 Å². The summed E-state index contributed by atoms with van der Waals surface area (Å²) < 4.78 is 12.7. The average Bonchev–Trinajstić information content (AvgIpc) is 3.34. The molecule has 1 amide bonds. The van der Waals surface area contributed by atoms with Gasteiger partial charge in [0, 0.05) is 23.0 Å². The van der Waals surface area contributed by atoms with Crippen LogP contribution in [0, 0.1) is 11.3 Å². The van der Waals surface area contributed by atoms with Gasteiger partial charge in [0.2, 0.25) is 0 Å². The second-order valence-corrected chi connectivity index (χ2v) is 8.28. The molecule has 0 saturated heterocycles. The molecular weight excluding hydrogens is 488 g/mol. The minimum Gasteiger partial charge on any atom is -0.494 e. The molecule has 1 aromatic heterocycles. The number of halogens is 1. The molecule has 0 bridgehead atoms. The van der Waals surface area contributed by atoms with E-state index in [1.54, 1.807) is 47.3 Å². The van der Waals surface area contributed by atoms with E-state index in [1.165, 1.54) is 6.08 Å². The van der Waals surface area contributed by atoms with Crippen molar-refractivity contribution in [1.29, 1.82) is 5.26 Å². The van der Waals surface area contributed by atoms with Crippen LogP contribution in [-0.4, -0.2) is 28.9 Å². The average molecular weight is 513 g/mol. The first-order valence-corrected chi connectivity index (χ1v) is 12.1. The van der Waals surface area contributed by atoms with Crippen LogP contribution in [0.1, 0.15) is 19.4 Å². The zero-order valence-corrected chi connectivity index (χ0v) is 21.2. The number of hydrogen-bond donors (Lipinski definition) is 1. The molecule has 1 heterocycles. The van der Waals surface area contributed by atoms with Gasteiger partial charge in [-0.15, -0.1) is 0 Å². The Balaban J connectivity index is 1.71. The number of para-hydroxylation sites is 1. The Morgan fingerprint density at radius 2 is 1.78 bits per heavy atom. The van der Waals surface area contributed by atoms with Crippen LogP contribution in [0.4, 0.5) is 5.69 Å². The Morgan fingerprint density at radius 1 is 1.05 bits per heavy atom. The van der Waals surface area contributed by atoms with Gasteiger partial charge in [-0.25, -0.2) is 4.68 Å². The lowest BCUT2D eigenvalue weighted by Crippen LogP contribution is -2.13. The van der Waals surface area contributed by atoms with E-state index in [0.717, 1.165) is 11.3 Å². The van der Waals surface area contributed by atoms with Crippen molar-refractivity contribution in [3.8, 4) is 34.5 Å². The zero-order valence-electron chi connectivity index (χ0n) is 20.4. The zero-order chi connectivity index (χ0) is 26.2. The standard InChI is InChI=1S/C29H25ClN4O3/c1-3-36-25-13-11-23(12-14-25)32-29(35)21(18-31)16-22-19-34(24-8-6-5-7-9-24)33-28(22)20-10-15-27(37-4-2)26(30)17-20/h5-17,19H,3-4H2,1-2H3,(H,32,35). The summed E-state index contributed by atoms with van der Waals surface area (Å²) in [5.74, 6) is 0.735. The number of ether oxygens (including phenoxy) is 2. The van der Waals surface area contributed by atoms with Crippen LogP contribution in [0.2, 0.25) is 5.02 Å². The first kappa shape index (κ1) is 25.5. The van der Waals surface area contributed by atoms with Gasteiger partial charge in [-0.05, 0) is 74.5 Å². The van der Waals surface area contributed by atoms with Crippen molar-refractivity contribution in [2.45, 2.75) is 13.8 Å². The first-order valence-electron chi connectivity index (χ1n) is 11.8.